The van der Waals surface area contributed by atoms with Gasteiger partial charge in [-0.3, -0.25) is 9.69 Å². The average Bonchev–Trinajstić information content (AvgIpc) is 3.18. The molecule has 0 amide bonds. The van der Waals surface area contributed by atoms with Crippen molar-refractivity contribution in [1.29, 1.82) is 0 Å². The number of halogens is 1. The third kappa shape index (κ3) is 3.57. The number of nitrogens with zero attached hydrogens (tertiary/aromatic N) is 1. The first kappa shape index (κ1) is 21.9. The Balaban J connectivity index is 0.00000312. The monoisotopic (exact) mass is 369 g/mol. The topological polar surface area (TPSA) is 38.8 Å². The summed E-state index contributed by atoms with van der Waals surface area (Å²) in [7, 11) is 1.71. The Kier molecular flexibility index (Phi) is 7.48. The molecule has 1 aliphatic rings. The Labute approximate surface area is 158 Å². The van der Waals surface area contributed by atoms with Crippen LogP contribution in [0.2, 0.25) is 0 Å². The molecular formula is C20H32ClNO3. The van der Waals surface area contributed by atoms with Gasteiger partial charge in [-0.25, -0.2) is 0 Å². The van der Waals surface area contributed by atoms with Gasteiger partial charge in [0.05, 0.1) is 18.8 Å². The highest BCUT2D eigenvalue weighted by Gasteiger charge is 2.76. The minimum atomic E-state index is -0.658. The van der Waals surface area contributed by atoms with E-state index in [9.17, 15) is 4.79 Å². The first-order chi connectivity index (χ1) is 11.4. The van der Waals surface area contributed by atoms with Crippen LogP contribution in [0.4, 0.5) is 0 Å². The molecule has 1 aliphatic carbocycles. The number of rotatable bonds is 8. The van der Waals surface area contributed by atoms with Gasteiger partial charge in [-0.1, -0.05) is 30.3 Å². The smallest absolute Gasteiger partial charge is 0.318 e. The lowest BCUT2D eigenvalue weighted by molar-refractivity contribution is -0.148. The SMILES string of the molecule is CCOC(=O)C1(c2ccccc2)CC1(COC)N(C(C)C)C(C)C.Cl. The molecule has 25 heavy (non-hydrogen) atoms. The van der Waals surface area contributed by atoms with Crippen molar-refractivity contribution in [1.82, 2.24) is 4.90 Å². The van der Waals surface area contributed by atoms with Crippen LogP contribution in [0, 0.1) is 0 Å². The van der Waals surface area contributed by atoms with Crippen molar-refractivity contribution in [3.05, 3.63) is 35.9 Å². The van der Waals surface area contributed by atoms with Crippen LogP contribution in [0.15, 0.2) is 30.3 Å². The van der Waals surface area contributed by atoms with Crippen LogP contribution < -0.4 is 0 Å². The van der Waals surface area contributed by atoms with Gasteiger partial charge in [-0.05, 0) is 46.6 Å². The van der Waals surface area contributed by atoms with Crippen molar-refractivity contribution in [2.24, 2.45) is 0 Å². The largest absolute Gasteiger partial charge is 0.465 e. The molecule has 142 valence electrons. The summed E-state index contributed by atoms with van der Waals surface area (Å²) in [6.45, 7) is 11.5. The first-order valence-electron chi connectivity index (χ1n) is 8.87. The van der Waals surface area contributed by atoms with E-state index in [0.717, 1.165) is 12.0 Å². The van der Waals surface area contributed by atoms with Gasteiger partial charge in [0.2, 0.25) is 0 Å². The summed E-state index contributed by atoms with van der Waals surface area (Å²) in [6.07, 6.45) is 0.729. The zero-order valence-corrected chi connectivity index (χ0v) is 17.1. The Morgan fingerprint density at radius 2 is 1.72 bits per heavy atom. The second-order valence-corrected chi connectivity index (χ2v) is 7.23. The number of benzene rings is 1. The normalized spacial score (nSPS) is 25.2. The number of hydrogen-bond acceptors (Lipinski definition) is 4. The maximum Gasteiger partial charge on any atom is 0.318 e. The molecule has 2 atom stereocenters. The second kappa shape index (κ2) is 8.52. The summed E-state index contributed by atoms with van der Waals surface area (Å²) in [6, 6.07) is 10.6. The fourth-order valence-electron chi connectivity index (χ4n) is 4.51. The quantitative estimate of drug-likeness (QED) is 0.653. The average molecular weight is 370 g/mol. The van der Waals surface area contributed by atoms with Gasteiger partial charge in [0.25, 0.3) is 0 Å². The van der Waals surface area contributed by atoms with E-state index in [-0.39, 0.29) is 23.9 Å². The first-order valence-corrected chi connectivity index (χ1v) is 8.87. The number of carbonyl (C=O) groups is 1. The van der Waals surface area contributed by atoms with Crippen molar-refractivity contribution in [2.75, 3.05) is 20.3 Å². The van der Waals surface area contributed by atoms with Crippen molar-refractivity contribution < 1.29 is 14.3 Å². The van der Waals surface area contributed by atoms with Gasteiger partial charge < -0.3 is 9.47 Å². The van der Waals surface area contributed by atoms with Crippen molar-refractivity contribution >= 4 is 18.4 Å². The van der Waals surface area contributed by atoms with Gasteiger partial charge in [0.15, 0.2) is 0 Å². The van der Waals surface area contributed by atoms with Crippen LogP contribution in [-0.4, -0.2) is 48.8 Å². The Bertz CT molecular complexity index is 555. The number of ether oxygens (including phenoxy) is 2. The van der Waals surface area contributed by atoms with E-state index in [1.807, 2.05) is 37.3 Å². The molecule has 0 aliphatic heterocycles. The van der Waals surface area contributed by atoms with Crippen LogP contribution in [-0.2, 0) is 19.7 Å². The van der Waals surface area contributed by atoms with Crippen LogP contribution in [0.5, 0.6) is 0 Å². The van der Waals surface area contributed by atoms with E-state index < -0.39 is 5.41 Å². The maximum atomic E-state index is 13.1. The third-order valence-corrected chi connectivity index (χ3v) is 5.11. The van der Waals surface area contributed by atoms with Crippen molar-refractivity contribution in [2.45, 2.75) is 64.1 Å². The molecular weight excluding hydrogens is 338 g/mol. The van der Waals surface area contributed by atoms with Gasteiger partial charge in [-0.2, -0.15) is 0 Å². The highest BCUT2D eigenvalue weighted by atomic mass is 35.5. The number of hydrogen-bond donors (Lipinski definition) is 0. The zero-order chi connectivity index (χ0) is 18.0. The van der Waals surface area contributed by atoms with Crippen molar-refractivity contribution in [3.8, 4) is 0 Å². The number of methoxy groups -OCH3 is 1. The van der Waals surface area contributed by atoms with Crippen LogP contribution in [0.3, 0.4) is 0 Å². The van der Waals surface area contributed by atoms with Crippen molar-refractivity contribution in [3.63, 3.8) is 0 Å². The lowest BCUT2D eigenvalue weighted by Gasteiger charge is -2.41. The van der Waals surface area contributed by atoms with E-state index in [1.54, 1.807) is 7.11 Å². The molecule has 0 saturated heterocycles. The van der Waals surface area contributed by atoms with E-state index >= 15 is 0 Å². The van der Waals surface area contributed by atoms with E-state index in [4.69, 9.17) is 9.47 Å². The molecule has 1 aromatic carbocycles. The van der Waals surface area contributed by atoms with Crippen LogP contribution >= 0.6 is 12.4 Å². The van der Waals surface area contributed by atoms with Crippen LogP contribution in [0.1, 0.15) is 46.6 Å². The minimum Gasteiger partial charge on any atom is -0.465 e. The van der Waals surface area contributed by atoms with Gasteiger partial charge in [0.1, 0.15) is 5.41 Å². The molecule has 0 N–H and O–H groups in total. The molecule has 0 bridgehead atoms. The summed E-state index contributed by atoms with van der Waals surface area (Å²) >= 11 is 0. The predicted octanol–water partition coefficient (Wildman–Crippen LogP) is 3.82. The molecule has 1 aromatic rings. The van der Waals surface area contributed by atoms with Gasteiger partial charge >= 0.3 is 5.97 Å². The maximum absolute atomic E-state index is 13.1. The minimum absolute atomic E-state index is 0. The van der Waals surface area contributed by atoms with E-state index in [2.05, 4.69) is 32.6 Å². The molecule has 2 unspecified atom stereocenters. The molecule has 2 rings (SSSR count). The van der Waals surface area contributed by atoms with Crippen LogP contribution in [0.25, 0.3) is 0 Å². The number of esters is 1. The van der Waals surface area contributed by atoms with Gasteiger partial charge in [0, 0.05) is 19.2 Å². The van der Waals surface area contributed by atoms with E-state index in [1.165, 1.54) is 0 Å². The fourth-order valence-corrected chi connectivity index (χ4v) is 4.51. The molecule has 5 heteroatoms. The Morgan fingerprint density at radius 3 is 2.16 bits per heavy atom. The highest BCUT2D eigenvalue weighted by Crippen LogP contribution is 2.63. The summed E-state index contributed by atoms with van der Waals surface area (Å²) in [5.41, 5.74) is -0.00113. The highest BCUT2D eigenvalue weighted by molar-refractivity contribution is 5.90. The number of carbonyl (C=O) groups excluding carboxylic acids is 1. The summed E-state index contributed by atoms with van der Waals surface area (Å²) < 4.78 is 11.1. The molecule has 1 saturated carbocycles. The summed E-state index contributed by atoms with van der Waals surface area (Å²) in [5.74, 6) is -0.139. The molecule has 0 radical (unpaired) electrons. The molecule has 0 heterocycles. The molecule has 4 nitrogen and oxygen atoms in total. The van der Waals surface area contributed by atoms with E-state index in [0.29, 0.717) is 25.3 Å². The molecule has 1 fully saturated rings. The van der Waals surface area contributed by atoms with Gasteiger partial charge in [-0.15, -0.1) is 12.4 Å². The molecule has 0 spiro atoms. The standard InChI is InChI=1S/C20H31NO3.ClH/c1-7-24-18(22)20(17-11-9-8-10-12-17)13-19(20,14-23-6)21(15(2)3)16(4)5;/h8-12,15-16H,7,13-14H2,1-6H3;1H. The Hall–Kier alpha value is -1.10. The second-order valence-electron chi connectivity index (χ2n) is 7.23. The fraction of sp³-hybridized carbons (Fsp3) is 0.650. The zero-order valence-electron chi connectivity index (χ0n) is 16.2. The molecule has 0 aromatic heterocycles. The lowest BCUT2D eigenvalue weighted by Crippen LogP contribution is -2.55. The summed E-state index contributed by atoms with van der Waals surface area (Å²) in [5, 5.41) is 0. The predicted molar refractivity (Wildman–Crippen MR) is 103 cm³/mol. The third-order valence-electron chi connectivity index (χ3n) is 5.11. The Morgan fingerprint density at radius 1 is 1.16 bits per heavy atom. The summed E-state index contributed by atoms with van der Waals surface area (Å²) in [4.78, 5) is 15.5. The lowest BCUT2D eigenvalue weighted by atomic mass is 9.88.